The summed E-state index contributed by atoms with van der Waals surface area (Å²) < 4.78 is 6.63. The first-order valence-electron chi connectivity index (χ1n) is 14.0. The van der Waals surface area contributed by atoms with Gasteiger partial charge in [-0.3, -0.25) is 14.0 Å². The SMILES string of the molecule is CC1(OC(N)=O)CCN(c2cnc(Sc3cccc(NC(=O)c4c(O)nc5ccccn5c4=O)c3Cl)c(N)n2)C(C(C)(C)C)C1. The van der Waals surface area contributed by atoms with Crippen molar-refractivity contribution < 1.29 is 19.4 Å². The Morgan fingerprint density at radius 1 is 1.20 bits per heavy atom. The van der Waals surface area contributed by atoms with Gasteiger partial charge >= 0.3 is 6.09 Å². The van der Waals surface area contributed by atoms with E-state index in [0.717, 1.165) is 16.2 Å². The minimum Gasteiger partial charge on any atom is -0.493 e. The lowest BCUT2D eigenvalue weighted by Crippen LogP contribution is -2.56. The number of rotatable bonds is 6. The van der Waals surface area contributed by atoms with Crippen LogP contribution in [0, 0.1) is 5.41 Å². The van der Waals surface area contributed by atoms with Gasteiger partial charge in [0.15, 0.2) is 11.4 Å². The Bertz CT molecular complexity index is 1860. The number of nitrogens with zero attached hydrogens (tertiary/aromatic N) is 5. The monoisotopic (exact) mass is 652 g/mol. The third-order valence-corrected chi connectivity index (χ3v) is 9.22. The lowest BCUT2D eigenvalue weighted by Gasteiger charge is -2.49. The van der Waals surface area contributed by atoms with Crippen molar-refractivity contribution >= 4 is 58.3 Å². The van der Waals surface area contributed by atoms with Crippen LogP contribution in [0.15, 0.2) is 63.5 Å². The number of benzene rings is 1. The van der Waals surface area contributed by atoms with Gasteiger partial charge in [-0.15, -0.1) is 0 Å². The topological polar surface area (TPSA) is 191 Å². The van der Waals surface area contributed by atoms with Gasteiger partial charge in [0.2, 0.25) is 5.88 Å². The zero-order valence-corrected chi connectivity index (χ0v) is 26.6. The number of carbonyl (C=O) groups is 2. The zero-order valence-electron chi connectivity index (χ0n) is 25.1. The molecule has 15 heteroatoms. The molecule has 4 heterocycles. The van der Waals surface area contributed by atoms with E-state index in [4.69, 9.17) is 27.8 Å². The summed E-state index contributed by atoms with van der Waals surface area (Å²) in [5.41, 5.74) is 9.96. The second-order valence-electron chi connectivity index (χ2n) is 12.0. The van der Waals surface area contributed by atoms with E-state index in [1.165, 1.54) is 12.3 Å². The number of nitrogens with one attached hydrogen (secondary N) is 1. The summed E-state index contributed by atoms with van der Waals surface area (Å²) in [6.45, 7) is 8.73. The number of pyridine rings is 1. The van der Waals surface area contributed by atoms with Crippen molar-refractivity contribution in [3.05, 3.63) is 69.7 Å². The molecule has 1 saturated heterocycles. The number of anilines is 3. The molecule has 0 aliphatic carbocycles. The first-order valence-corrected chi connectivity index (χ1v) is 15.2. The van der Waals surface area contributed by atoms with Gasteiger partial charge in [0, 0.05) is 36.5 Å². The number of halogens is 1. The summed E-state index contributed by atoms with van der Waals surface area (Å²) in [6, 6.07) is 9.70. The highest BCUT2D eigenvalue weighted by Gasteiger charge is 2.44. The molecule has 3 aromatic heterocycles. The Labute approximate surface area is 268 Å². The fourth-order valence-corrected chi connectivity index (χ4v) is 6.47. The molecular formula is C30H33ClN8O5S. The predicted octanol–water partition coefficient (Wildman–Crippen LogP) is 4.70. The number of amides is 2. The van der Waals surface area contributed by atoms with Crippen LogP contribution in [-0.4, -0.2) is 54.6 Å². The van der Waals surface area contributed by atoms with Gasteiger partial charge in [-0.05, 0) is 36.6 Å². The van der Waals surface area contributed by atoms with E-state index in [-0.39, 0.29) is 33.6 Å². The number of aromatic nitrogens is 4. The van der Waals surface area contributed by atoms with Crippen LogP contribution in [0.2, 0.25) is 5.02 Å². The summed E-state index contributed by atoms with van der Waals surface area (Å²) >= 11 is 7.82. The quantitative estimate of drug-likeness (QED) is 0.226. The molecule has 0 saturated carbocycles. The van der Waals surface area contributed by atoms with Crippen molar-refractivity contribution in [3.8, 4) is 5.88 Å². The van der Waals surface area contributed by atoms with Crippen molar-refractivity contribution in [2.75, 3.05) is 22.5 Å². The van der Waals surface area contributed by atoms with Crippen LogP contribution in [-0.2, 0) is 4.74 Å². The Hall–Kier alpha value is -4.56. The van der Waals surface area contributed by atoms with Crippen molar-refractivity contribution in [3.63, 3.8) is 0 Å². The summed E-state index contributed by atoms with van der Waals surface area (Å²) in [7, 11) is 0. The third kappa shape index (κ3) is 6.61. The van der Waals surface area contributed by atoms with Crippen LogP contribution in [0.4, 0.5) is 22.1 Å². The van der Waals surface area contributed by atoms with Gasteiger partial charge < -0.3 is 31.5 Å². The number of aromatic hydroxyl groups is 1. The van der Waals surface area contributed by atoms with Crippen molar-refractivity contribution in [2.24, 2.45) is 11.1 Å². The van der Waals surface area contributed by atoms with Crippen molar-refractivity contribution in [1.82, 2.24) is 19.4 Å². The number of hydrogen-bond donors (Lipinski definition) is 4. The summed E-state index contributed by atoms with van der Waals surface area (Å²) in [6.07, 6.45) is 3.38. The molecule has 1 aromatic carbocycles. The van der Waals surface area contributed by atoms with Gasteiger partial charge in [0.05, 0.1) is 16.9 Å². The first-order chi connectivity index (χ1) is 21.2. The Morgan fingerprint density at radius 3 is 2.64 bits per heavy atom. The van der Waals surface area contributed by atoms with Gasteiger partial charge in [0.25, 0.3) is 11.5 Å². The van der Waals surface area contributed by atoms with Gasteiger partial charge in [-0.1, -0.05) is 56.3 Å². The zero-order chi connectivity index (χ0) is 32.7. The Morgan fingerprint density at radius 2 is 1.96 bits per heavy atom. The summed E-state index contributed by atoms with van der Waals surface area (Å²) in [5.74, 6) is -0.804. The lowest BCUT2D eigenvalue weighted by atomic mass is 9.75. The molecule has 1 aliphatic rings. The van der Waals surface area contributed by atoms with Crippen LogP contribution in [0.3, 0.4) is 0 Å². The number of fused-ring (bicyclic) bond motifs is 1. The number of ether oxygens (including phenoxy) is 1. The van der Waals surface area contributed by atoms with Crippen molar-refractivity contribution in [1.29, 1.82) is 0 Å². The Kier molecular flexibility index (Phi) is 8.55. The minimum absolute atomic E-state index is 0.0529. The van der Waals surface area contributed by atoms with E-state index in [1.807, 2.05) is 6.92 Å². The molecular weight excluding hydrogens is 620 g/mol. The molecule has 5 rings (SSSR count). The van der Waals surface area contributed by atoms with Crippen molar-refractivity contribution in [2.45, 2.75) is 62.1 Å². The number of piperidine rings is 1. The van der Waals surface area contributed by atoms with E-state index in [1.54, 1.807) is 36.5 Å². The lowest BCUT2D eigenvalue weighted by molar-refractivity contribution is -0.00950. The van der Waals surface area contributed by atoms with Crippen LogP contribution in [0.5, 0.6) is 5.88 Å². The second kappa shape index (κ2) is 12.1. The van der Waals surface area contributed by atoms with E-state index < -0.39 is 34.6 Å². The molecule has 13 nitrogen and oxygen atoms in total. The number of nitrogens with two attached hydrogens (primary N) is 2. The van der Waals surface area contributed by atoms with Gasteiger partial charge in [-0.25, -0.2) is 14.8 Å². The predicted molar refractivity (Wildman–Crippen MR) is 172 cm³/mol. The molecule has 236 valence electrons. The maximum Gasteiger partial charge on any atom is 0.405 e. The van der Waals surface area contributed by atoms with E-state index in [0.29, 0.717) is 35.1 Å². The molecule has 2 unspecified atom stereocenters. The van der Waals surface area contributed by atoms with Gasteiger partial charge in [-0.2, -0.15) is 4.98 Å². The molecule has 6 N–H and O–H groups in total. The minimum atomic E-state index is -0.872. The molecule has 0 radical (unpaired) electrons. The highest BCUT2D eigenvalue weighted by Crippen LogP contribution is 2.42. The maximum absolute atomic E-state index is 13.1. The molecule has 0 bridgehead atoms. The third-order valence-electron chi connectivity index (χ3n) is 7.64. The van der Waals surface area contributed by atoms with Gasteiger partial charge in [0.1, 0.15) is 22.1 Å². The van der Waals surface area contributed by atoms with Crippen LogP contribution >= 0.6 is 23.4 Å². The average molecular weight is 653 g/mol. The van der Waals surface area contributed by atoms with Crippen LogP contribution < -0.4 is 27.2 Å². The maximum atomic E-state index is 13.1. The summed E-state index contributed by atoms with van der Waals surface area (Å²) in [4.78, 5) is 53.3. The smallest absolute Gasteiger partial charge is 0.405 e. The molecule has 45 heavy (non-hydrogen) atoms. The standard InChI is InChI=1S/C30H33ClN8O5S/c1-29(2,3)18-14-30(4,44-28(33)43)11-13-38(18)20-15-34-26(23(32)36-20)45-17-9-7-8-16(22(17)31)35-24(40)21-25(41)37-19-10-5-6-12-39(19)27(21)42/h5-10,12,15,18,41H,11,13-14H2,1-4H3,(H2,32,36)(H2,33,43)(H,35,40). The normalized spacial score (nSPS) is 18.5. The molecule has 0 spiro atoms. The number of primary amides is 1. The molecule has 2 amide bonds. The van der Waals surface area contributed by atoms with Crippen LogP contribution in [0.1, 0.15) is 50.9 Å². The second-order valence-corrected chi connectivity index (χ2v) is 13.4. The van der Waals surface area contributed by atoms with E-state index in [2.05, 4.69) is 45.9 Å². The largest absolute Gasteiger partial charge is 0.493 e. The first kappa shape index (κ1) is 31.9. The summed E-state index contributed by atoms with van der Waals surface area (Å²) in [5, 5.41) is 13.5. The molecule has 4 aromatic rings. The fraction of sp³-hybridized carbons (Fsp3) is 0.333. The Balaban J connectivity index is 1.36. The van der Waals surface area contributed by atoms with E-state index in [9.17, 15) is 19.5 Å². The molecule has 1 fully saturated rings. The highest BCUT2D eigenvalue weighted by atomic mass is 35.5. The molecule has 2 atom stereocenters. The van der Waals surface area contributed by atoms with E-state index >= 15 is 0 Å². The average Bonchev–Trinajstić information content (AvgIpc) is 2.95. The molecule has 1 aliphatic heterocycles. The number of hydrogen-bond acceptors (Lipinski definition) is 11. The van der Waals surface area contributed by atoms with Crippen LogP contribution in [0.25, 0.3) is 5.65 Å². The number of nitrogen functional groups attached to an aromatic ring is 1. The fourth-order valence-electron chi connectivity index (χ4n) is 5.37. The highest BCUT2D eigenvalue weighted by molar-refractivity contribution is 7.99. The number of carbonyl (C=O) groups excluding carboxylic acids is 2.